The van der Waals surface area contributed by atoms with Gasteiger partial charge in [-0.2, -0.15) is 13.2 Å². The van der Waals surface area contributed by atoms with Gasteiger partial charge >= 0.3 is 6.18 Å². The van der Waals surface area contributed by atoms with Gasteiger partial charge in [0.15, 0.2) is 11.4 Å². The second-order valence-electron chi connectivity index (χ2n) is 8.83. The molecule has 0 aliphatic heterocycles. The summed E-state index contributed by atoms with van der Waals surface area (Å²) in [5, 5.41) is 19.0. The van der Waals surface area contributed by atoms with Crippen molar-refractivity contribution in [1.29, 1.82) is 0 Å². The fourth-order valence-electron chi connectivity index (χ4n) is 4.27. The van der Waals surface area contributed by atoms with Crippen molar-refractivity contribution in [3.63, 3.8) is 0 Å². The van der Waals surface area contributed by atoms with Gasteiger partial charge in [0.05, 0.1) is 42.2 Å². The van der Waals surface area contributed by atoms with Crippen LogP contribution in [0.2, 0.25) is 0 Å². The Labute approximate surface area is 199 Å². The molecule has 0 bridgehead atoms. The largest absolute Gasteiger partial charge is 0.452 e. The van der Waals surface area contributed by atoms with Crippen molar-refractivity contribution in [3.8, 4) is 11.3 Å². The minimum atomic E-state index is -4.45. The molecule has 2 aromatic heterocycles. The van der Waals surface area contributed by atoms with E-state index in [0.717, 1.165) is 24.4 Å². The van der Waals surface area contributed by atoms with Crippen LogP contribution in [0.4, 0.5) is 18.9 Å². The van der Waals surface area contributed by atoms with E-state index >= 15 is 0 Å². The molecule has 34 heavy (non-hydrogen) atoms. The molecule has 11 heteroatoms. The van der Waals surface area contributed by atoms with Gasteiger partial charge in [0.2, 0.25) is 0 Å². The van der Waals surface area contributed by atoms with E-state index in [1.54, 1.807) is 38.2 Å². The van der Waals surface area contributed by atoms with Gasteiger partial charge < -0.3 is 23.8 Å². The van der Waals surface area contributed by atoms with Crippen LogP contribution in [-0.4, -0.2) is 34.6 Å². The van der Waals surface area contributed by atoms with Crippen molar-refractivity contribution in [3.05, 3.63) is 48.2 Å². The Balaban J connectivity index is 1.61. The first-order chi connectivity index (χ1) is 16.0. The lowest BCUT2D eigenvalue weighted by molar-refractivity contribution is -0.205. The highest BCUT2D eigenvalue weighted by molar-refractivity contribution is 7.92. The molecule has 1 fully saturated rings. The molecule has 1 unspecified atom stereocenters. The molecule has 4 N–H and O–H groups in total. The van der Waals surface area contributed by atoms with Crippen LogP contribution in [0, 0.1) is 5.92 Å². The molecule has 1 aliphatic rings. The van der Waals surface area contributed by atoms with Crippen LogP contribution in [-0.2, 0) is 15.1 Å². The summed E-state index contributed by atoms with van der Waals surface area (Å²) < 4.78 is 56.6. The number of alkyl halides is 3. The quantitative estimate of drug-likeness (QED) is 0.217. The highest BCUT2D eigenvalue weighted by Crippen LogP contribution is 2.38. The van der Waals surface area contributed by atoms with Crippen LogP contribution < -0.4 is 10.5 Å². The van der Waals surface area contributed by atoms with Gasteiger partial charge in [0.1, 0.15) is 11.3 Å². The Hall–Kier alpha value is -2.31. The van der Waals surface area contributed by atoms with Crippen molar-refractivity contribution in [2.75, 3.05) is 11.9 Å². The number of anilines is 1. The number of pyridine rings is 1. The van der Waals surface area contributed by atoms with E-state index in [1.165, 1.54) is 6.07 Å². The molecule has 7 nitrogen and oxygen atoms in total. The zero-order valence-electron chi connectivity index (χ0n) is 18.6. The van der Waals surface area contributed by atoms with Crippen LogP contribution in [0.1, 0.15) is 32.3 Å². The Bertz CT molecular complexity index is 1130. The van der Waals surface area contributed by atoms with E-state index in [0.29, 0.717) is 41.8 Å². The Kier molecular flexibility index (Phi) is 7.11. The molecule has 0 saturated heterocycles. The zero-order valence-corrected chi connectivity index (χ0v) is 19.4. The van der Waals surface area contributed by atoms with Gasteiger partial charge in [-0.15, -0.1) is 0 Å². The minimum Gasteiger partial charge on any atom is -0.452 e. The molecule has 184 valence electrons. The Morgan fingerprint density at radius 2 is 2.03 bits per heavy atom. The number of ether oxygens (including phenoxy) is 1. The maximum atomic E-state index is 13.1. The second-order valence-corrected chi connectivity index (χ2v) is 9.26. The molecule has 2 heterocycles. The van der Waals surface area contributed by atoms with E-state index < -0.39 is 17.5 Å². The van der Waals surface area contributed by atoms with Gasteiger partial charge in [-0.1, -0.05) is 12.1 Å². The van der Waals surface area contributed by atoms with Crippen LogP contribution in [0.15, 0.2) is 47.0 Å². The van der Waals surface area contributed by atoms with E-state index in [2.05, 4.69) is 10.3 Å². The fourth-order valence-corrected chi connectivity index (χ4v) is 4.54. The molecule has 0 amide bonds. The molecule has 4 rings (SSSR count). The third-order valence-electron chi connectivity index (χ3n) is 5.64. The number of fused-ring (bicyclic) bond motifs is 1. The topological polar surface area (TPSA) is 103 Å². The lowest BCUT2D eigenvalue weighted by Crippen LogP contribution is -2.38. The number of aromatic nitrogens is 1. The van der Waals surface area contributed by atoms with Crippen molar-refractivity contribution < 1.29 is 31.6 Å². The highest BCUT2D eigenvalue weighted by atomic mass is 32.2. The molecular formula is C23H26F3N3O4S. The van der Waals surface area contributed by atoms with Gasteiger partial charge in [-0.05, 0) is 50.8 Å². The first-order valence-corrected chi connectivity index (χ1v) is 11.6. The van der Waals surface area contributed by atoms with E-state index in [4.69, 9.17) is 18.5 Å². The summed E-state index contributed by atoms with van der Waals surface area (Å²) >= 11 is 0.809. The van der Waals surface area contributed by atoms with Gasteiger partial charge in [-0.25, -0.2) is 0 Å². The van der Waals surface area contributed by atoms with E-state index in [-0.39, 0.29) is 23.8 Å². The molecule has 1 aliphatic carbocycles. The van der Waals surface area contributed by atoms with Gasteiger partial charge in [-0.3, -0.25) is 10.1 Å². The normalized spacial score (nSPS) is 21.3. The maximum Gasteiger partial charge on any atom is 0.416 e. The number of hydrogen-bond acceptors (Lipinski definition) is 8. The predicted molar refractivity (Wildman–Crippen MR) is 123 cm³/mol. The Morgan fingerprint density at radius 3 is 2.74 bits per heavy atom. The zero-order chi connectivity index (χ0) is 24.5. The molecule has 3 aromatic rings. The number of hydrogen-bond donors (Lipinski definition) is 3. The predicted octanol–water partition coefficient (Wildman–Crippen LogP) is 5.36. The van der Waals surface area contributed by atoms with Crippen molar-refractivity contribution >= 4 is 29.0 Å². The summed E-state index contributed by atoms with van der Waals surface area (Å²) in [6, 6.07) is 8.16. The van der Waals surface area contributed by atoms with Gasteiger partial charge in [0.25, 0.3) is 0 Å². The van der Waals surface area contributed by atoms with Gasteiger partial charge in [0, 0.05) is 17.8 Å². The second kappa shape index (κ2) is 9.74. The molecular weight excluding hydrogens is 471 g/mol. The minimum absolute atomic E-state index is 0.162. The highest BCUT2D eigenvalue weighted by Gasteiger charge is 2.38. The number of benzene rings is 1. The number of nitrogens with one attached hydrogen (secondary N) is 1. The third kappa shape index (κ3) is 5.84. The van der Waals surface area contributed by atoms with Crippen LogP contribution in [0.25, 0.3) is 22.4 Å². The monoisotopic (exact) mass is 497 g/mol. The molecule has 0 radical (unpaired) electrons. The summed E-state index contributed by atoms with van der Waals surface area (Å²) in [5.41, 5.74) is 1.12. The van der Waals surface area contributed by atoms with E-state index in [1.807, 2.05) is 0 Å². The molecule has 0 spiro atoms. The number of furan rings is 1. The fraction of sp³-hybridized carbons (Fsp3) is 0.435. The summed E-state index contributed by atoms with van der Waals surface area (Å²) in [6.07, 6.45) is -1.80. The number of aliphatic hydroxyl groups is 1. The van der Waals surface area contributed by atoms with Crippen LogP contribution >= 0.6 is 12.2 Å². The average Bonchev–Trinajstić information content (AvgIpc) is 3.35. The summed E-state index contributed by atoms with van der Waals surface area (Å²) in [5.74, 6) is -0.877. The standard InChI is InChI=1S/C23H26F3N3O4S/c1-22(2,30)33-20-9-13(12-31-34-27)8-17(20)29-16-6-7-28-18-11-19(32-21(16)18)14-4-3-5-15(10-14)23(24,25)26/h3-7,10-11,13,17,20,30H,8-9,12,27H2,1-2H3,(H,28,29)/t13-,17+,20?/m0/s1. The number of halogens is 3. The average molecular weight is 498 g/mol. The first-order valence-electron chi connectivity index (χ1n) is 10.7. The smallest absolute Gasteiger partial charge is 0.416 e. The molecule has 1 saturated carbocycles. The van der Waals surface area contributed by atoms with E-state index in [9.17, 15) is 18.3 Å². The summed E-state index contributed by atoms with van der Waals surface area (Å²) in [4.78, 5) is 4.30. The van der Waals surface area contributed by atoms with Crippen molar-refractivity contribution in [2.24, 2.45) is 11.1 Å². The number of nitrogens with zero attached hydrogens (tertiary/aromatic N) is 1. The molecule has 1 aromatic carbocycles. The van der Waals surface area contributed by atoms with Crippen LogP contribution in [0.3, 0.4) is 0 Å². The lowest BCUT2D eigenvalue weighted by Gasteiger charge is -2.28. The summed E-state index contributed by atoms with van der Waals surface area (Å²) in [6.45, 7) is 3.58. The van der Waals surface area contributed by atoms with Crippen LogP contribution in [0.5, 0.6) is 0 Å². The summed E-state index contributed by atoms with van der Waals surface area (Å²) in [7, 11) is 0. The molecule has 3 atom stereocenters. The first kappa shape index (κ1) is 24.8. The lowest BCUT2D eigenvalue weighted by atomic mass is 10.1. The number of rotatable bonds is 8. The Morgan fingerprint density at radius 1 is 1.24 bits per heavy atom. The number of nitrogens with two attached hydrogens (primary N) is 1. The van der Waals surface area contributed by atoms with Crippen molar-refractivity contribution in [2.45, 2.75) is 50.8 Å². The SMILES string of the molecule is CC(C)(O)OC1C[C@@H](COSN)C[C@H]1Nc1ccnc2cc(-c3cccc(C(F)(F)F)c3)oc12. The van der Waals surface area contributed by atoms with Crippen molar-refractivity contribution in [1.82, 2.24) is 4.98 Å². The third-order valence-corrected chi connectivity index (χ3v) is 5.91. The maximum absolute atomic E-state index is 13.1.